The highest BCUT2D eigenvalue weighted by Crippen LogP contribution is 2.44. The number of ketones is 2. The Balaban J connectivity index is 1.72. The first-order valence-corrected chi connectivity index (χ1v) is 10.3. The van der Waals surface area contributed by atoms with Crippen molar-refractivity contribution in [2.24, 2.45) is 11.8 Å². The van der Waals surface area contributed by atoms with Crippen LogP contribution in [0.2, 0.25) is 0 Å². The molecule has 0 fully saturated rings. The van der Waals surface area contributed by atoms with E-state index in [0.29, 0.717) is 12.1 Å². The fraction of sp³-hybridized carbons (Fsp3) is 0.120. The largest absolute Gasteiger partial charge is 0.425 e. The summed E-state index contributed by atoms with van der Waals surface area (Å²) in [5, 5.41) is 0. The number of Topliss-reactive ketones (excluding diaryl/α,β-unsaturated/α-hetero) is 2. The Morgan fingerprint density at radius 2 is 1.03 bits per heavy atom. The van der Waals surface area contributed by atoms with Crippen molar-refractivity contribution in [3.8, 4) is 11.5 Å². The van der Waals surface area contributed by atoms with Crippen LogP contribution in [0.3, 0.4) is 0 Å². The molecule has 182 valence electrons. The minimum atomic E-state index is -2.10. The molecule has 6 nitrogen and oxygen atoms in total. The zero-order valence-electron chi connectivity index (χ0n) is 17.7. The molecule has 0 bridgehead atoms. The normalized spacial score (nSPS) is 19.8. The van der Waals surface area contributed by atoms with Crippen LogP contribution in [0.25, 0.3) is 0 Å². The number of carbonyl (C=O) groups is 4. The number of esters is 2. The molecule has 0 aliphatic carbocycles. The van der Waals surface area contributed by atoms with Gasteiger partial charge in [0.15, 0.2) is 29.0 Å². The van der Waals surface area contributed by atoms with Crippen LogP contribution in [0.4, 0.5) is 22.0 Å². The maximum atomic E-state index is 14.2. The van der Waals surface area contributed by atoms with Crippen LogP contribution in [0.15, 0.2) is 48.5 Å². The van der Waals surface area contributed by atoms with Crippen LogP contribution in [-0.4, -0.2) is 23.5 Å². The van der Waals surface area contributed by atoms with Gasteiger partial charge in [-0.1, -0.05) is 0 Å². The minimum absolute atomic E-state index is 0.317. The first-order valence-electron chi connectivity index (χ1n) is 10.3. The molecular formula is C25H11F5O6. The van der Waals surface area contributed by atoms with Gasteiger partial charge in [0, 0.05) is 5.92 Å². The highest BCUT2D eigenvalue weighted by atomic mass is 19.2. The van der Waals surface area contributed by atoms with E-state index in [-0.39, 0.29) is 11.5 Å². The van der Waals surface area contributed by atoms with Crippen molar-refractivity contribution in [2.75, 3.05) is 0 Å². The summed E-state index contributed by atoms with van der Waals surface area (Å²) in [6, 6.07) is 6.13. The molecule has 3 aromatic carbocycles. The van der Waals surface area contributed by atoms with Gasteiger partial charge in [-0.2, -0.15) is 0 Å². The summed E-state index contributed by atoms with van der Waals surface area (Å²) in [4.78, 5) is 52.5. The lowest BCUT2D eigenvalue weighted by molar-refractivity contribution is -0.142. The Morgan fingerprint density at radius 1 is 0.611 bits per heavy atom. The van der Waals surface area contributed by atoms with Crippen molar-refractivity contribution in [2.45, 2.75) is 5.92 Å². The zero-order chi connectivity index (χ0) is 25.9. The summed E-state index contributed by atoms with van der Waals surface area (Å²) in [6.07, 6.45) is 0. The Kier molecular flexibility index (Phi) is 5.42. The van der Waals surface area contributed by atoms with E-state index in [1.54, 1.807) is 0 Å². The second-order valence-electron chi connectivity index (χ2n) is 8.13. The van der Waals surface area contributed by atoms with Crippen molar-refractivity contribution in [1.82, 2.24) is 0 Å². The lowest BCUT2D eigenvalue weighted by Crippen LogP contribution is -2.46. The predicted molar refractivity (Wildman–Crippen MR) is 109 cm³/mol. The average Bonchev–Trinajstić information content (AvgIpc) is 2.82. The van der Waals surface area contributed by atoms with Crippen LogP contribution in [0.5, 0.6) is 11.5 Å². The summed E-state index contributed by atoms with van der Waals surface area (Å²) in [5.74, 6) is -18.8. The summed E-state index contributed by atoms with van der Waals surface area (Å²) in [7, 11) is 0. The summed E-state index contributed by atoms with van der Waals surface area (Å²) in [6.45, 7) is 0. The maximum absolute atomic E-state index is 14.2. The van der Waals surface area contributed by atoms with E-state index in [1.807, 2.05) is 0 Å². The van der Waals surface area contributed by atoms with Crippen molar-refractivity contribution < 1.29 is 50.6 Å². The summed E-state index contributed by atoms with van der Waals surface area (Å²) in [5.41, 5.74) is -1.50. The van der Waals surface area contributed by atoms with Crippen LogP contribution in [0.1, 0.15) is 32.2 Å². The van der Waals surface area contributed by atoms with E-state index in [9.17, 15) is 41.1 Å². The third-order valence-corrected chi connectivity index (χ3v) is 6.02. The number of fused-ring (bicyclic) bond motifs is 2. The Morgan fingerprint density at radius 3 is 1.44 bits per heavy atom. The van der Waals surface area contributed by atoms with Crippen molar-refractivity contribution in [3.05, 3.63) is 94.3 Å². The smallest absolute Gasteiger partial charge is 0.322 e. The summed E-state index contributed by atoms with van der Waals surface area (Å²) < 4.78 is 80.0. The zero-order valence-corrected chi connectivity index (χ0v) is 17.7. The number of rotatable bonds is 3. The molecule has 36 heavy (non-hydrogen) atoms. The second-order valence-corrected chi connectivity index (χ2v) is 8.13. The van der Waals surface area contributed by atoms with E-state index in [2.05, 4.69) is 0 Å². The number of hydrogen-bond donors (Lipinski definition) is 0. The molecule has 0 N–H and O–H groups in total. The highest BCUT2D eigenvalue weighted by molar-refractivity contribution is 6.18. The van der Waals surface area contributed by atoms with Crippen LogP contribution < -0.4 is 9.47 Å². The molecule has 2 unspecified atom stereocenters. The number of benzene rings is 3. The highest BCUT2D eigenvalue weighted by Gasteiger charge is 2.52. The lowest BCUT2D eigenvalue weighted by atomic mass is 9.70. The number of halogens is 5. The maximum Gasteiger partial charge on any atom is 0.322 e. The van der Waals surface area contributed by atoms with Gasteiger partial charge in [-0.3, -0.25) is 19.2 Å². The molecular weight excluding hydrogens is 491 g/mol. The molecule has 0 spiro atoms. The molecule has 2 atom stereocenters. The Bertz CT molecular complexity index is 1390. The van der Waals surface area contributed by atoms with Gasteiger partial charge in [-0.15, -0.1) is 0 Å². The van der Waals surface area contributed by atoms with Gasteiger partial charge < -0.3 is 9.47 Å². The van der Waals surface area contributed by atoms with E-state index >= 15 is 0 Å². The van der Waals surface area contributed by atoms with Gasteiger partial charge in [0.05, 0.1) is 11.1 Å². The van der Waals surface area contributed by atoms with Gasteiger partial charge in [-0.25, -0.2) is 22.0 Å². The quantitative estimate of drug-likeness (QED) is 0.175. The Hall–Kier alpha value is -4.41. The van der Waals surface area contributed by atoms with Gasteiger partial charge in [0.25, 0.3) is 0 Å². The number of hydrogen-bond acceptors (Lipinski definition) is 6. The molecule has 0 amide bonds. The van der Waals surface area contributed by atoms with Crippen molar-refractivity contribution in [1.29, 1.82) is 0 Å². The summed E-state index contributed by atoms with van der Waals surface area (Å²) >= 11 is 0. The van der Waals surface area contributed by atoms with Gasteiger partial charge in [0.2, 0.25) is 0 Å². The molecule has 0 radical (unpaired) electrons. The fourth-order valence-electron chi connectivity index (χ4n) is 4.42. The molecule has 2 heterocycles. The topological polar surface area (TPSA) is 86.7 Å². The van der Waals surface area contributed by atoms with E-state index in [0.717, 1.165) is 36.4 Å². The molecule has 11 heteroatoms. The average molecular weight is 502 g/mol. The van der Waals surface area contributed by atoms with Crippen LogP contribution in [0, 0.1) is 40.9 Å². The van der Waals surface area contributed by atoms with E-state index in [4.69, 9.17) is 9.47 Å². The van der Waals surface area contributed by atoms with Gasteiger partial charge >= 0.3 is 11.9 Å². The lowest BCUT2D eigenvalue weighted by Gasteiger charge is -2.34. The van der Waals surface area contributed by atoms with E-state index in [1.165, 1.54) is 0 Å². The molecule has 5 rings (SSSR count). The molecule has 3 aromatic rings. The number of ether oxygens (including phenoxy) is 2. The first kappa shape index (κ1) is 23.3. The van der Waals surface area contributed by atoms with E-state index < -0.39 is 87.0 Å². The standard InChI is InChI=1S/C25H11F5O6/c26-10-1-3-16-12(7-10)22(31)19(24(33)35-16)18(9-5-14(28)21(30)15(29)6-9)20-23(32)13-8-11(27)2-4-17(13)36-25(20)34/h1-8,18-20H. The third-order valence-electron chi connectivity index (χ3n) is 6.02. The molecule has 2 aliphatic rings. The second kappa shape index (κ2) is 8.36. The third kappa shape index (κ3) is 3.63. The first-order chi connectivity index (χ1) is 17.1. The minimum Gasteiger partial charge on any atom is -0.425 e. The monoisotopic (exact) mass is 502 g/mol. The van der Waals surface area contributed by atoms with Crippen LogP contribution in [-0.2, 0) is 9.59 Å². The molecule has 0 aromatic heterocycles. The van der Waals surface area contributed by atoms with Crippen molar-refractivity contribution >= 4 is 23.5 Å². The fourth-order valence-corrected chi connectivity index (χ4v) is 4.42. The van der Waals surface area contributed by atoms with Crippen molar-refractivity contribution in [3.63, 3.8) is 0 Å². The molecule has 0 saturated carbocycles. The predicted octanol–water partition coefficient (Wildman–Crippen LogP) is 4.30. The Labute approximate surface area is 198 Å². The van der Waals surface area contributed by atoms with Gasteiger partial charge in [-0.05, 0) is 54.1 Å². The van der Waals surface area contributed by atoms with Crippen LogP contribution >= 0.6 is 0 Å². The molecule has 2 aliphatic heterocycles. The SMILES string of the molecule is O=C1Oc2ccc(F)cc2C(=O)C1C(c1cc(F)c(F)c(F)c1)C1C(=O)Oc2ccc(F)cc2C1=O. The number of carbonyl (C=O) groups excluding carboxylic acids is 4. The molecule has 0 saturated heterocycles. The van der Waals surface area contributed by atoms with Gasteiger partial charge in [0.1, 0.15) is 35.0 Å².